The van der Waals surface area contributed by atoms with Gasteiger partial charge in [0.1, 0.15) is 6.61 Å². The number of aliphatic hydroxyl groups is 1. The summed E-state index contributed by atoms with van der Waals surface area (Å²) in [4.78, 5) is 0. The molecule has 0 aromatic rings. The molecule has 0 spiro atoms. The predicted molar refractivity (Wildman–Crippen MR) is 68.4 cm³/mol. The molecule has 0 heterocycles. The van der Waals surface area contributed by atoms with E-state index in [0.29, 0.717) is 0 Å². The number of hydrogen-bond acceptors (Lipinski definition) is 4. The zero-order chi connectivity index (χ0) is 12.1. The van der Waals surface area contributed by atoms with Gasteiger partial charge in [-0.15, -0.1) is 0 Å². The molecule has 0 atom stereocenters. The van der Waals surface area contributed by atoms with Gasteiger partial charge in [-0.05, 0) is 41.5 Å². The molecule has 4 nitrogen and oxygen atoms in total. The lowest BCUT2D eigenvalue weighted by atomic mass is 10.4. The number of aliphatic hydroxyl groups excluding tert-OH is 1. The van der Waals surface area contributed by atoms with E-state index >= 15 is 0 Å². The van der Waals surface area contributed by atoms with Gasteiger partial charge in [0, 0.05) is 0 Å². The Morgan fingerprint density at radius 1 is 0.812 bits per heavy atom. The largest absolute Gasteiger partial charge is 0.388 e. The number of hydrogen-bond donors (Lipinski definition) is 1. The van der Waals surface area contributed by atoms with Gasteiger partial charge in [0.25, 0.3) is 0 Å². The lowest BCUT2D eigenvalue weighted by molar-refractivity contribution is -0.418. The van der Waals surface area contributed by atoms with E-state index in [4.69, 9.17) is 14.2 Å². The Hall–Kier alpha value is 0.372. The van der Waals surface area contributed by atoms with Gasteiger partial charge in [0.05, 0.1) is 18.3 Å². The van der Waals surface area contributed by atoms with Crippen LogP contribution in [0.25, 0.3) is 0 Å². The molecule has 0 unspecified atom stereocenters. The first-order valence-electron chi connectivity index (χ1n) is 5.45. The van der Waals surface area contributed by atoms with Crippen molar-refractivity contribution < 1.29 is 19.3 Å². The minimum atomic E-state index is -1.34. The van der Waals surface area contributed by atoms with Crippen LogP contribution in [0.4, 0.5) is 0 Å². The van der Waals surface area contributed by atoms with Crippen LogP contribution in [0.2, 0.25) is 0 Å². The minimum Gasteiger partial charge on any atom is -0.388 e. The van der Waals surface area contributed by atoms with E-state index in [0.717, 1.165) is 0 Å². The molecule has 0 rings (SSSR count). The predicted octanol–water partition coefficient (Wildman–Crippen LogP) is 0.724. The molecular weight excluding hydrogens is 223 g/mol. The molecule has 0 saturated heterocycles. The van der Waals surface area contributed by atoms with Gasteiger partial charge in [-0.1, -0.05) is 0 Å². The van der Waals surface area contributed by atoms with Crippen LogP contribution >= 0.6 is 0 Å². The Labute approximate surface area is 109 Å². The van der Waals surface area contributed by atoms with Crippen LogP contribution in [0.5, 0.6) is 0 Å². The summed E-state index contributed by atoms with van der Waals surface area (Å²) in [6, 6.07) is 0. The molecule has 0 saturated carbocycles. The smallest absolute Gasteiger partial charge is 0.308 e. The van der Waals surface area contributed by atoms with Gasteiger partial charge < -0.3 is 19.3 Å². The van der Waals surface area contributed by atoms with Gasteiger partial charge in [-0.25, -0.2) is 0 Å². The fourth-order valence-electron chi connectivity index (χ4n) is 1.27. The van der Waals surface area contributed by atoms with Crippen molar-refractivity contribution in [3.63, 3.8) is 0 Å². The second-order valence-corrected chi connectivity index (χ2v) is 4.34. The van der Waals surface area contributed by atoms with Crippen LogP contribution in [-0.2, 0) is 14.2 Å². The number of ether oxygens (including phenoxy) is 3. The molecule has 5 heteroatoms. The monoisotopic (exact) mass is 250 g/mol. The fraction of sp³-hybridized carbons (Fsp3) is 1.00. The Morgan fingerprint density at radius 3 is 1.19 bits per heavy atom. The lowest BCUT2D eigenvalue weighted by Gasteiger charge is -2.36. The molecule has 0 aliphatic heterocycles. The second kappa shape index (κ2) is 8.46. The first kappa shape index (κ1) is 18.7. The Morgan fingerprint density at radius 2 is 1.06 bits per heavy atom. The first-order chi connectivity index (χ1) is 6.81. The Balaban J connectivity index is 0. The van der Waals surface area contributed by atoms with Gasteiger partial charge in [-0.3, -0.25) is 0 Å². The number of rotatable bonds is 7. The van der Waals surface area contributed by atoms with E-state index in [-0.39, 0.29) is 42.3 Å². The van der Waals surface area contributed by atoms with Crippen molar-refractivity contribution in [2.45, 2.75) is 65.8 Å². The van der Waals surface area contributed by atoms with Crippen LogP contribution in [0.3, 0.4) is 0 Å². The molecule has 0 aromatic heterocycles. The van der Waals surface area contributed by atoms with E-state index in [9.17, 15) is 5.11 Å². The standard InChI is InChI=1S/C11H24O4.Al.3H/c1-8(2)13-11(7-12,14-9(3)4)15-10(5)6;;;;/h8-10,12H,7H2,1-6H3;;;;. The third-order valence-corrected chi connectivity index (χ3v) is 1.44. The van der Waals surface area contributed by atoms with Gasteiger partial charge in [0.15, 0.2) is 17.4 Å². The summed E-state index contributed by atoms with van der Waals surface area (Å²) in [6.07, 6.45) is -0.223. The summed E-state index contributed by atoms with van der Waals surface area (Å²) in [5.41, 5.74) is 0. The van der Waals surface area contributed by atoms with Crippen molar-refractivity contribution in [3.05, 3.63) is 0 Å². The quantitative estimate of drug-likeness (QED) is 0.534. The van der Waals surface area contributed by atoms with Gasteiger partial charge in [-0.2, -0.15) is 0 Å². The van der Waals surface area contributed by atoms with Crippen LogP contribution < -0.4 is 0 Å². The van der Waals surface area contributed by atoms with Crippen LogP contribution in [0.1, 0.15) is 41.5 Å². The zero-order valence-corrected chi connectivity index (χ0v) is 10.6. The lowest BCUT2D eigenvalue weighted by Crippen LogP contribution is -2.47. The van der Waals surface area contributed by atoms with Gasteiger partial charge >= 0.3 is 5.97 Å². The highest BCUT2D eigenvalue weighted by Crippen LogP contribution is 2.21. The fourth-order valence-corrected chi connectivity index (χ4v) is 1.27. The summed E-state index contributed by atoms with van der Waals surface area (Å²) in [5.74, 6) is -1.34. The first-order valence-corrected chi connectivity index (χ1v) is 5.45. The molecule has 0 bridgehead atoms. The maximum absolute atomic E-state index is 9.35. The third kappa shape index (κ3) is 7.61. The van der Waals surface area contributed by atoms with Crippen LogP contribution in [0.15, 0.2) is 0 Å². The Kier molecular flexibility index (Phi) is 9.91. The molecule has 98 valence electrons. The summed E-state index contributed by atoms with van der Waals surface area (Å²) in [7, 11) is 0. The maximum atomic E-state index is 9.35. The molecular formula is C11H27AlO4. The SMILES string of the molecule is CC(C)OC(CO)(OC(C)C)OC(C)C.[AlH3]. The molecule has 0 aromatic carbocycles. The van der Waals surface area contributed by atoms with Crippen molar-refractivity contribution in [1.29, 1.82) is 0 Å². The summed E-state index contributed by atoms with van der Waals surface area (Å²) in [6.45, 7) is 10.9. The molecule has 0 amide bonds. The highest BCUT2D eigenvalue weighted by Gasteiger charge is 2.36. The van der Waals surface area contributed by atoms with Crippen molar-refractivity contribution in [2.24, 2.45) is 0 Å². The average molecular weight is 250 g/mol. The zero-order valence-electron chi connectivity index (χ0n) is 10.6. The minimum absolute atomic E-state index is 0. The van der Waals surface area contributed by atoms with E-state index in [1.807, 2.05) is 41.5 Å². The van der Waals surface area contributed by atoms with E-state index in [1.54, 1.807) is 0 Å². The third-order valence-electron chi connectivity index (χ3n) is 1.44. The molecule has 0 aliphatic carbocycles. The van der Waals surface area contributed by atoms with Crippen molar-refractivity contribution in [1.82, 2.24) is 0 Å². The average Bonchev–Trinajstić information content (AvgIpc) is 1.99. The molecule has 16 heavy (non-hydrogen) atoms. The summed E-state index contributed by atoms with van der Waals surface area (Å²) in [5, 5.41) is 9.35. The molecule has 0 radical (unpaired) electrons. The normalized spacial score (nSPS) is 12.4. The van der Waals surface area contributed by atoms with Crippen molar-refractivity contribution in [3.8, 4) is 0 Å². The second-order valence-electron chi connectivity index (χ2n) is 4.34. The summed E-state index contributed by atoms with van der Waals surface area (Å²) < 4.78 is 16.5. The Bertz CT molecular complexity index is 145. The van der Waals surface area contributed by atoms with Crippen LogP contribution in [0, 0.1) is 0 Å². The van der Waals surface area contributed by atoms with E-state index in [2.05, 4.69) is 0 Å². The molecule has 1 N–H and O–H groups in total. The highest BCUT2D eigenvalue weighted by atomic mass is 27.0. The molecule has 0 fully saturated rings. The van der Waals surface area contributed by atoms with Crippen molar-refractivity contribution in [2.75, 3.05) is 6.61 Å². The van der Waals surface area contributed by atoms with Crippen LogP contribution in [-0.4, -0.2) is 53.4 Å². The van der Waals surface area contributed by atoms with Crippen molar-refractivity contribution >= 4 is 17.4 Å². The van der Waals surface area contributed by atoms with E-state index < -0.39 is 5.97 Å². The topological polar surface area (TPSA) is 47.9 Å². The summed E-state index contributed by atoms with van der Waals surface area (Å²) >= 11 is 0. The van der Waals surface area contributed by atoms with E-state index in [1.165, 1.54) is 0 Å². The maximum Gasteiger partial charge on any atom is 0.308 e. The highest BCUT2D eigenvalue weighted by molar-refractivity contribution is 5.75. The van der Waals surface area contributed by atoms with Gasteiger partial charge in [0.2, 0.25) is 0 Å². The molecule has 0 aliphatic rings.